The molecule has 2 aromatic carbocycles. The van der Waals surface area contributed by atoms with Crippen molar-refractivity contribution < 1.29 is 24.6 Å². The van der Waals surface area contributed by atoms with Gasteiger partial charge in [-0.15, -0.1) is 5.48 Å². The summed E-state index contributed by atoms with van der Waals surface area (Å²) >= 11 is 6.43. The molecule has 2 heterocycles. The smallest absolute Gasteiger partial charge is 0.259 e. The Morgan fingerprint density at radius 1 is 1.25 bits per heavy atom. The van der Waals surface area contributed by atoms with Gasteiger partial charge < -0.3 is 25.1 Å². The highest BCUT2D eigenvalue weighted by atomic mass is 35.5. The zero-order valence-corrected chi connectivity index (χ0v) is 15.8. The molecule has 0 aromatic heterocycles. The maximum Gasteiger partial charge on any atom is 0.259 e. The SMILES string of the molecule is COc1cc(-c2cc3c(cc2Cl)NC(=O)C3=C(O)C2(C)C=CON2)ccc1O. The van der Waals surface area contributed by atoms with Gasteiger partial charge in [0.25, 0.3) is 5.91 Å². The van der Waals surface area contributed by atoms with Crippen LogP contribution in [0.5, 0.6) is 11.5 Å². The van der Waals surface area contributed by atoms with E-state index in [1.165, 1.54) is 19.4 Å². The van der Waals surface area contributed by atoms with E-state index in [0.29, 0.717) is 33.1 Å². The van der Waals surface area contributed by atoms with Crippen LogP contribution in [0.25, 0.3) is 16.7 Å². The first kappa shape index (κ1) is 18.2. The van der Waals surface area contributed by atoms with Crippen LogP contribution in [-0.2, 0) is 9.63 Å². The second-order valence-electron chi connectivity index (χ2n) is 6.67. The Hall–Kier alpha value is -3.16. The number of fused-ring (bicyclic) bond motifs is 1. The number of hydrogen-bond acceptors (Lipinski definition) is 6. The first-order valence-corrected chi connectivity index (χ1v) is 8.79. The van der Waals surface area contributed by atoms with Crippen LogP contribution in [0.3, 0.4) is 0 Å². The summed E-state index contributed by atoms with van der Waals surface area (Å²) in [4.78, 5) is 17.6. The molecule has 1 amide bonds. The Morgan fingerprint density at radius 3 is 2.71 bits per heavy atom. The molecule has 0 spiro atoms. The van der Waals surface area contributed by atoms with Gasteiger partial charge in [-0.25, -0.2) is 0 Å². The molecule has 4 rings (SSSR count). The van der Waals surface area contributed by atoms with Gasteiger partial charge in [0.15, 0.2) is 11.5 Å². The topological polar surface area (TPSA) is 100 Å². The molecular weight excluding hydrogens is 384 g/mol. The number of rotatable bonds is 3. The van der Waals surface area contributed by atoms with Crippen LogP contribution < -0.4 is 15.5 Å². The van der Waals surface area contributed by atoms with Crippen molar-refractivity contribution in [3.8, 4) is 22.6 Å². The number of hydrogen-bond donors (Lipinski definition) is 4. The Balaban J connectivity index is 1.89. The van der Waals surface area contributed by atoms with Crippen LogP contribution in [0.15, 0.2) is 48.4 Å². The van der Waals surface area contributed by atoms with Crippen LogP contribution in [0.4, 0.5) is 5.69 Å². The molecule has 144 valence electrons. The fraction of sp³-hybridized carbons (Fsp3) is 0.150. The number of nitrogens with one attached hydrogen (secondary N) is 2. The number of aromatic hydroxyl groups is 1. The standard InChI is InChI=1S/C20H17ClN2O5/c1-20(5-6-28-23-20)18(25)17-12-8-11(13(21)9-14(12)22-19(17)26)10-3-4-15(24)16(7-10)27-2/h3-9,23-25H,1-2H3,(H,22,26). The highest BCUT2D eigenvalue weighted by Crippen LogP contribution is 2.43. The van der Waals surface area contributed by atoms with Crippen LogP contribution in [-0.4, -0.2) is 28.8 Å². The van der Waals surface area contributed by atoms with Crippen molar-refractivity contribution in [2.45, 2.75) is 12.5 Å². The molecule has 0 saturated carbocycles. The van der Waals surface area contributed by atoms with E-state index in [2.05, 4.69) is 10.8 Å². The summed E-state index contributed by atoms with van der Waals surface area (Å²) in [5.74, 6) is -0.307. The van der Waals surface area contributed by atoms with Crippen LogP contribution >= 0.6 is 11.6 Å². The number of hydroxylamine groups is 1. The second-order valence-corrected chi connectivity index (χ2v) is 7.07. The number of aliphatic hydroxyl groups is 1. The molecule has 0 fully saturated rings. The van der Waals surface area contributed by atoms with Crippen molar-refractivity contribution in [3.05, 3.63) is 59.0 Å². The van der Waals surface area contributed by atoms with Crippen molar-refractivity contribution in [1.82, 2.24) is 5.48 Å². The first-order valence-electron chi connectivity index (χ1n) is 8.41. The van der Waals surface area contributed by atoms with E-state index in [-0.39, 0.29) is 17.1 Å². The molecule has 1 atom stereocenters. The predicted molar refractivity (Wildman–Crippen MR) is 105 cm³/mol. The minimum absolute atomic E-state index is 0.00521. The largest absolute Gasteiger partial charge is 0.509 e. The van der Waals surface area contributed by atoms with Gasteiger partial charge in [0.1, 0.15) is 17.6 Å². The zero-order valence-electron chi connectivity index (χ0n) is 15.0. The molecule has 0 radical (unpaired) electrons. The van der Waals surface area contributed by atoms with E-state index >= 15 is 0 Å². The highest BCUT2D eigenvalue weighted by Gasteiger charge is 2.38. The number of carbonyl (C=O) groups excluding carboxylic acids is 1. The lowest BCUT2D eigenvalue weighted by molar-refractivity contribution is -0.111. The van der Waals surface area contributed by atoms with Gasteiger partial charge >= 0.3 is 0 Å². The number of phenolic OH excluding ortho intramolecular Hbond substituents is 1. The molecule has 4 N–H and O–H groups in total. The molecule has 0 saturated heterocycles. The van der Waals surface area contributed by atoms with E-state index in [1.54, 1.807) is 37.3 Å². The van der Waals surface area contributed by atoms with E-state index < -0.39 is 11.4 Å². The van der Waals surface area contributed by atoms with E-state index in [4.69, 9.17) is 21.2 Å². The average Bonchev–Trinajstić information content (AvgIpc) is 3.24. The third-order valence-corrected chi connectivity index (χ3v) is 5.12. The number of ether oxygens (including phenoxy) is 1. The maximum atomic E-state index is 12.6. The molecule has 0 bridgehead atoms. The Morgan fingerprint density at radius 2 is 2.04 bits per heavy atom. The van der Waals surface area contributed by atoms with Gasteiger partial charge in [-0.1, -0.05) is 17.7 Å². The number of amides is 1. The number of aliphatic hydroxyl groups excluding tert-OH is 1. The number of carbonyl (C=O) groups is 1. The minimum atomic E-state index is -1.03. The molecule has 2 aliphatic heterocycles. The molecule has 2 aromatic rings. The average molecular weight is 401 g/mol. The predicted octanol–water partition coefficient (Wildman–Crippen LogP) is 3.75. The molecule has 1 unspecified atom stereocenters. The van der Waals surface area contributed by atoms with Gasteiger partial charge in [0.2, 0.25) is 0 Å². The molecule has 8 heteroatoms. The Kier molecular flexibility index (Phi) is 4.21. The second kappa shape index (κ2) is 6.47. The summed E-state index contributed by atoms with van der Waals surface area (Å²) < 4.78 is 5.16. The fourth-order valence-corrected chi connectivity index (χ4v) is 3.51. The van der Waals surface area contributed by atoms with Gasteiger partial charge in [-0.3, -0.25) is 4.79 Å². The third kappa shape index (κ3) is 2.76. The quantitative estimate of drug-likeness (QED) is 0.462. The zero-order chi connectivity index (χ0) is 20.1. The Labute approximate surface area is 165 Å². The van der Waals surface area contributed by atoms with Gasteiger partial charge in [0, 0.05) is 11.1 Å². The summed E-state index contributed by atoms with van der Waals surface area (Å²) in [5.41, 5.74) is 4.09. The number of benzene rings is 2. The summed E-state index contributed by atoms with van der Waals surface area (Å²) in [6.07, 6.45) is 3.02. The molecule has 0 aliphatic carbocycles. The maximum absolute atomic E-state index is 12.6. The molecule has 28 heavy (non-hydrogen) atoms. The molecular formula is C20H17ClN2O5. The van der Waals surface area contributed by atoms with Crippen molar-refractivity contribution in [3.63, 3.8) is 0 Å². The minimum Gasteiger partial charge on any atom is -0.509 e. The number of methoxy groups -OCH3 is 1. The van der Waals surface area contributed by atoms with Crippen LogP contribution in [0.1, 0.15) is 12.5 Å². The lowest BCUT2D eigenvalue weighted by Crippen LogP contribution is -2.38. The van der Waals surface area contributed by atoms with E-state index in [0.717, 1.165) is 0 Å². The lowest BCUT2D eigenvalue weighted by Gasteiger charge is -2.21. The van der Waals surface area contributed by atoms with Gasteiger partial charge in [-0.2, -0.15) is 0 Å². The number of anilines is 1. The summed E-state index contributed by atoms with van der Waals surface area (Å²) in [6.45, 7) is 1.69. The van der Waals surface area contributed by atoms with Crippen molar-refractivity contribution in [2.24, 2.45) is 0 Å². The third-order valence-electron chi connectivity index (χ3n) is 4.81. The lowest BCUT2D eigenvalue weighted by atomic mass is 9.92. The molecule has 2 aliphatic rings. The number of halogens is 1. The van der Waals surface area contributed by atoms with Crippen molar-refractivity contribution >= 4 is 28.8 Å². The van der Waals surface area contributed by atoms with Crippen molar-refractivity contribution in [2.75, 3.05) is 12.4 Å². The summed E-state index contributed by atoms with van der Waals surface area (Å²) in [6, 6.07) is 8.18. The monoisotopic (exact) mass is 400 g/mol. The summed E-state index contributed by atoms with van der Waals surface area (Å²) in [5, 5.41) is 23.8. The van der Waals surface area contributed by atoms with Crippen molar-refractivity contribution in [1.29, 1.82) is 0 Å². The van der Waals surface area contributed by atoms with Gasteiger partial charge in [0.05, 0.1) is 23.4 Å². The highest BCUT2D eigenvalue weighted by molar-refractivity contribution is 6.36. The van der Waals surface area contributed by atoms with E-state index in [1.807, 2.05) is 0 Å². The molecule has 7 nitrogen and oxygen atoms in total. The van der Waals surface area contributed by atoms with E-state index in [9.17, 15) is 15.0 Å². The summed E-state index contributed by atoms with van der Waals surface area (Å²) in [7, 11) is 1.45. The number of phenols is 1. The fourth-order valence-electron chi connectivity index (χ4n) is 3.24. The Bertz CT molecular complexity index is 1060. The first-order chi connectivity index (χ1) is 13.3. The van der Waals surface area contributed by atoms with Gasteiger partial charge in [-0.05, 0) is 42.8 Å². The van der Waals surface area contributed by atoms with Crippen LogP contribution in [0.2, 0.25) is 5.02 Å². The normalized spacial score (nSPS) is 21.9. The van der Waals surface area contributed by atoms with Crippen LogP contribution in [0, 0.1) is 0 Å².